The Morgan fingerprint density at radius 2 is 1.58 bits per heavy atom. The first-order valence-electron chi connectivity index (χ1n) is 8.27. The second-order valence-electron chi connectivity index (χ2n) is 7.61. The van der Waals surface area contributed by atoms with Crippen LogP contribution in [-0.2, 0) is 19.6 Å². The van der Waals surface area contributed by atoms with Gasteiger partial charge in [-0.2, -0.15) is 0 Å². The van der Waals surface area contributed by atoms with Gasteiger partial charge in [0.2, 0.25) is 21.8 Å². The number of fused-ring (bicyclic) bond motifs is 2. The Balaban J connectivity index is 2.03. The van der Waals surface area contributed by atoms with Crippen LogP contribution in [-0.4, -0.2) is 67.6 Å². The predicted molar refractivity (Wildman–Crippen MR) is 90.3 cm³/mol. The molecule has 2 bridgehead atoms. The molecule has 9 heteroatoms. The molecular weight excluding hydrogens is 332 g/mol. The van der Waals surface area contributed by atoms with Crippen LogP contribution in [0.1, 0.15) is 40.5 Å². The van der Waals surface area contributed by atoms with Gasteiger partial charge >= 0.3 is 0 Å². The van der Waals surface area contributed by atoms with Gasteiger partial charge in [0.05, 0.1) is 6.26 Å². The van der Waals surface area contributed by atoms with Crippen molar-refractivity contribution in [3.63, 3.8) is 0 Å². The van der Waals surface area contributed by atoms with Gasteiger partial charge < -0.3 is 0 Å². The zero-order valence-corrected chi connectivity index (χ0v) is 15.8. The van der Waals surface area contributed by atoms with Gasteiger partial charge in [0.25, 0.3) is 0 Å². The van der Waals surface area contributed by atoms with Gasteiger partial charge in [0.15, 0.2) is 0 Å². The quantitative estimate of drug-likeness (QED) is 0.652. The SMILES string of the molecule is CC(C)N1C[C@H]2CC[C@@H](C1)N2NC(=O)C(C)(C)C(=O)NS(C)(=O)=O. The zero-order chi connectivity index (χ0) is 18.3. The first-order valence-corrected chi connectivity index (χ1v) is 10.2. The molecule has 0 aromatic heterocycles. The Morgan fingerprint density at radius 1 is 1.08 bits per heavy atom. The number of carbonyl (C=O) groups is 2. The van der Waals surface area contributed by atoms with Gasteiger partial charge in [-0.1, -0.05) is 0 Å². The highest BCUT2D eigenvalue weighted by Gasteiger charge is 2.45. The summed E-state index contributed by atoms with van der Waals surface area (Å²) in [6.45, 7) is 8.93. The lowest BCUT2D eigenvalue weighted by Crippen LogP contribution is -2.63. The van der Waals surface area contributed by atoms with E-state index in [9.17, 15) is 18.0 Å². The Bertz CT molecular complexity index is 603. The van der Waals surface area contributed by atoms with Crippen molar-refractivity contribution < 1.29 is 18.0 Å². The van der Waals surface area contributed by atoms with Crippen molar-refractivity contribution in [2.24, 2.45) is 5.41 Å². The average Bonchev–Trinajstić information content (AvgIpc) is 2.67. The summed E-state index contributed by atoms with van der Waals surface area (Å²) in [6, 6.07) is 0.913. The molecule has 2 atom stereocenters. The molecule has 0 spiro atoms. The maximum absolute atomic E-state index is 12.6. The largest absolute Gasteiger partial charge is 0.298 e. The fraction of sp³-hybridized carbons (Fsp3) is 0.867. The molecule has 138 valence electrons. The molecular formula is C15H28N4O4S. The molecule has 0 radical (unpaired) electrons. The van der Waals surface area contributed by atoms with Crippen LogP contribution >= 0.6 is 0 Å². The molecule has 2 amide bonds. The van der Waals surface area contributed by atoms with Gasteiger partial charge in [-0.25, -0.2) is 13.4 Å². The highest BCUT2D eigenvalue weighted by molar-refractivity contribution is 7.89. The number of rotatable bonds is 5. The molecule has 2 saturated heterocycles. The second-order valence-corrected chi connectivity index (χ2v) is 9.36. The Hall–Kier alpha value is -1.19. The Kier molecular flexibility index (Phi) is 5.27. The molecule has 2 aliphatic rings. The highest BCUT2D eigenvalue weighted by atomic mass is 32.2. The van der Waals surface area contributed by atoms with Crippen molar-refractivity contribution in [3.8, 4) is 0 Å². The van der Waals surface area contributed by atoms with Crippen LogP contribution in [0.4, 0.5) is 0 Å². The molecule has 8 nitrogen and oxygen atoms in total. The molecule has 0 aromatic carbocycles. The van der Waals surface area contributed by atoms with Crippen molar-refractivity contribution in [3.05, 3.63) is 0 Å². The summed E-state index contributed by atoms with van der Waals surface area (Å²) < 4.78 is 24.4. The third kappa shape index (κ3) is 4.07. The maximum atomic E-state index is 12.6. The highest BCUT2D eigenvalue weighted by Crippen LogP contribution is 2.30. The number of hydrogen-bond donors (Lipinski definition) is 2. The first-order chi connectivity index (χ1) is 10.9. The van der Waals surface area contributed by atoms with Crippen LogP contribution in [0.25, 0.3) is 0 Å². The van der Waals surface area contributed by atoms with E-state index >= 15 is 0 Å². The number of piperazine rings is 1. The minimum Gasteiger partial charge on any atom is -0.298 e. The van der Waals surface area contributed by atoms with Crippen molar-refractivity contribution in [1.29, 1.82) is 0 Å². The van der Waals surface area contributed by atoms with E-state index in [0.717, 1.165) is 32.2 Å². The first kappa shape index (κ1) is 19.1. The van der Waals surface area contributed by atoms with Crippen LogP contribution in [0, 0.1) is 5.41 Å². The van der Waals surface area contributed by atoms with E-state index in [-0.39, 0.29) is 12.1 Å². The van der Waals surface area contributed by atoms with E-state index in [2.05, 4.69) is 24.2 Å². The predicted octanol–water partition coefficient (Wildman–Crippen LogP) is -0.323. The summed E-state index contributed by atoms with van der Waals surface area (Å²) in [5.74, 6) is -1.31. The van der Waals surface area contributed by atoms with E-state index in [1.54, 1.807) is 0 Å². The van der Waals surface area contributed by atoms with Gasteiger partial charge in [-0.05, 0) is 40.5 Å². The number of likely N-dealkylation sites (tertiary alicyclic amines) is 1. The number of nitrogens with one attached hydrogen (secondary N) is 2. The normalized spacial score (nSPS) is 25.8. The van der Waals surface area contributed by atoms with E-state index in [1.165, 1.54) is 13.8 Å². The summed E-state index contributed by atoms with van der Waals surface area (Å²) in [6.07, 6.45) is 2.90. The Labute approximate surface area is 144 Å². The number of sulfonamides is 1. The number of hydrogen-bond acceptors (Lipinski definition) is 6. The van der Waals surface area contributed by atoms with Crippen LogP contribution in [0.5, 0.6) is 0 Å². The van der Waals surface area contributed by atoms with Gasteiger partial charge in [0, 0.05) is 31.2 Å². The number of hydrazine groups is 1. The monoisotopic (exact) mass is 360 g/mol. The summed E-state index contributed by atoms with van der Waals surface area (Å²) in [5.41, 5.74) is 1.38. The lowest BCUT2D eigenvalue weighted by molar-refractivity contribution is -0.145. The van der Waals surface area contributed by atoms with Gasteiger partial charge in [-0.15, -0.1) is 0 Å². The topological polar surface area (TPSA) is 98.8 Å². The van der Waals surface area contributed by atoms with Crippen LogP contribution in [0.2, 0.25) is 0 Å². The number of amides is 2. The third-order valence-electron chi connectivity index (χ3n) is 4.88. The number of carbonyl (C=O) groups excluding carboxylic acids is 2. The van der Waals surface area contributed by atoms with Crippen LogP contribution in [0.3, 0.4) is 0 Å². The number of nitrogens with zero attached hydrogens (tertiary/aromatic N) is 2. The van der Waals surface area contributed by atoms with Crippen molar-refractivity contribution in [2.45, 2.75) is 58.7 Å². The lowest BCUT2D eigenvalue weighted by atomic mass is 9.92. The van der Waals surface area contributed by atoms with E-state index in [1.807, 2.05) is 9.73 Å². The smallest absolute Gasteiger partial charge is 0.249 e. The molecule has 0 aromatic rings. The molecule has 0 unspecified atom stereocenters. The molecule has 2 fully saturated rings. The molecule has 0 saturated carbocycles. The summed E-state index contributed by atoms with van der Waals surface area (Å²) in [5, 5.41) is 1.96. The van der Waals surface area contributed by atoms with Gasteiger partial charge in [0.1, 0.15) is 5.41 Å². The van der Waals surface area contributed by atoms with E-state index < -0.39 is 27.3 Å². The molecule has 24 heavy (non-hydrogen) atoms. The minimum atomic E-state index is -3.70. The van der Waals surface area contributed by atoms with E-state index in [4.69, 9.17) is 0 Å². The molecule has 2 aliphatic heterocycles. The minimum absolute atomic E-state index is 0.226. The van der Waals surface area contributed by atoms with Crippen molar-refractivity contribution >= 4 is 21.8 Å². The van der Waals surface area contributed by atoms with Gasteiger partial charge in [-0.3, -0.25) is 24.6 Å². The lowest BCUT2D eigenvalue weighted by Gasteiger charge is -2.43. The third-order valence-corrected chi connectivity index (χ3v) is 5.44. The van der Waals surface area contributed by atoms with Crippen molar-refractivity contribution in [2.75, 3.05) is 19.3 Å². The fourth-order valence-corrected chi connectivity index (χ4v) is 3.79. The Morgan fingerprint density at radius 3 is 2.00 bits per heavy atom. The van der Waals surface area contributed by atoms with E-state index in [0.29, 0.717) is 6.04 Å². The summed E-state index contributed by atoms with van der Waals surface area (Å²) >= 11 is 0. The standard InChI is InChI=1S/C15H28N4O4S/c1-10(2)18-8-11-6-7-12(9-18)19(11)16-13(20)15(3,4)14(21)17-24(5,22)23/h10-12H,6-9H2,1-5H3,(H,16,20)(H,17,21)/t11-,12+. The molecule has 2 heterocycles. The van der Waals surface area contributed by atoms with Crippen LogP contribution in [0.15, 0.2) is 0 Å². The average molecular weight is 360 g/mol. The fourth-order valence-electron chi connectivity index (χ4n) is 3.20. The second kappa shape index (κ2) is 6.61. The summed E-state index contributed by atoms with van der Waals surface area (Å²) in [4.78, 5) is 27.1. The van der Waals surface area contributed by atoms with Crippen molar-refractivity contribution in [1.82, 2.24) is 20.1 Å². The van der Waals surface area contributed by atoms with Crippen LogP contribution < -0.4 is 10.1 Å². The zero-order valence-electron chi connectivity index (χ0n) is 15.0. The molecule has 2 rings (SSSR count). The molecule has 0 aliphatic carbocycles. The summed E-state index contributed by atoms with van der Waals surface area (Å²) in [7, 11) is -3.70. The maximum Gasteiger partial charge on any atom is 0.249 e. The molecule has 2 N–H and O–H groups in total.